The van der Waals surface area contributed by atoms with Crippen LogP contribution in [0.3, 0.4) is 0 Å². The highest BCUT2D eigenvalue weighted by atomic mass is 19.4. The van der Waals surface area contributed by atoms with Gasteiger partial charge in [-0.15, -0.1) is 0 Å². The number of fused-ring (bicyclic) bond motifs is 1. The number of halogens is 3. The zero-order valence-electron chi connectivity index (χ0n) is 17.4. The second-order valence-electron chi connectivity index (χ2n) is 8.86. The number of nitrogens with zero attached hydrogens (tertiary/aromatic N) is 1. The van der Waals surface area contributed by atoms with E-state index >= 15 is 0 Å². The van der Waals surface area contributed by atoms with Gasteiger partial charge in [0.15, 0.2) is 0 Å². The number of hydrogen-bond acceptors (Lipinski definition) is 5. The summed E-state index contributed by atoms with van der Waals surface area (Å²) in [6, 6.07) is 0.597. The first-order chi connectivity index (χ1) is 14.3. The van der Waals surface area contributed by atoms with E-state index in [-0.39, 0.29) is 0 Å². The summed E-state index contributed by atoms with van der Waals surface area (Å²) in [5.74, 6) is -1.12. The molecule has 2 aliphatic heterocycles. The van der Waals surface area contributed by atoms with Crippen molar-refractivity contribution in [3.8, 4) is 0 Å². The van der Waals surface area contributed by atoms with Crippen molar-refractivity contribution in [2.45, 2.75) is 75.8 Å². The van der Waals surface area contributed by atoms with Crippen LogP contribution in [0.4, 0.5) is 13.2 Å². The maximum atomic E-state index is 10.6. The number of rotatable bonds is 5. The Morgan fingerprint density at radius 2 is 1.67 bits per heavy atom. The molecule has 30 heavy (non-hydrogen) atoms. The van der Waals surface area contributed by atoms with Gasteiger partial charge in [-0.2, -0.15) is 13.2 Å². The predicted molar refractivity (Wildman–Crippen MR) is 103 cm³/mol. The zero-order valence-corrected chi connectivity index (χ0v) is 17.4. The molecule has 6 nitrogen and oxygen atoms in total. The van der Waals surface area contributed by atoms with Gasteiger partial charge in [-0.1, -0.05) is 12.8 Å². The molecule has 4 rings (SSSR count). The molecule has 4 aliphatic rings. The first-order valence-electron chi connectivity index (χ1n) is 11.2. The first-order valence-corrected chi connectivity index (χ1v) is 11.2. The fourth-order valence-corrected chi connectivity index (χ4v) is 5.09. The van der Waals surface area contributed by atoms with E-state index in [0.29, 0.717) is 18.2 Å². The molecule has 9 heteroatoms. The number of morpholine rings is 1. The summed E-state index contributed by atoms with van der Waals surface area (Å²) < 4.78 is 49.7. The summed E-state index contributed by atoms with van der Waals surface area (Å²) in [5, 5.41) is 7.12. The number of carboxylic acids is 1. The molecule has 0 bridgehead atoms. The largest absolute Gasteiger partial charge is 0.490 e. The average molecular weight is 437 g/mol. The molecule has 2 heterocycles. The number of hydrogen-bond donors (Lipinski definition) is 1. The van der Waals surface area contributed by atoms with Crippen LogP contribution in [0.2, 0.25) is 0 Å². The lowest BCUT2D eigenvalue weighted by Gasteiger charge is -2.41. The molecule has 174 valence electrons. The van der Waals surface area contributed by atoms with E-state index in [1.807, 2.05) is 0 Å². The van der Waals surface area contributed by atoms with Crippen molar-refractivity contribution < 1.29 is 37.3 Å². The van der Waals surface area contributed by atoms with Crippen molar-refractivity contribution in [2.75, 3.05) is 39.5 Å². The second kappa shape index (κ2) is 11.1. The molecular weight excluding hydrogens is 403 g/mol. The topological polar surface area (TPSA) is 68.2 Å². The van der Waals surface area contributed by atoms with E-state index in [4.69, 9.17) is 24.1 Å². The average Bonchev–Trinajstić information content (AvgIpc) is 3.37. The molecule has 2 saturated carbocycles. The highest BCUT2D eigenvalue weighted by Crippen LogP contribution is 2.34. The molecule has 2 aliphatic carbocycles. The molecule has 1 N–H and O–H groups in total. The van der Waals surface area contributed by atoms with Gasteiger partial charge in [0.2, 0.25) is 0 Å². The molecule has 0 radical (unpaired) electrons. The minimum absolute atomic E-state index is 0.324. The maximum Gasteiger partial charge on any atom is 0.490 e. The van der Waals surface area contributed by atoms with Crippen LogP contribution in [0, 0.1) is 11.8 Å². The SMILES string of the molecule is C1CCC(CO[C@@H]2CC[C@H]3[C@H]2OCCN3CC2CCOCC2)C1.O=C(O)C(F)(F)F. The van der Waals surface area contributed by atoms with Gasteiger partial charge in [0.1, 0.15) is 0 Å². The van der Waals surface area contributed by atoms with Crippen LogP contribution in [0.1, 0.15) is 51.4 Å². The Labute approximate surface area is 176 Å². The molecule has 0 unspecified atom stereocenters. The van der Waals surface area contributed by atoms with Gasteiger partial charge in [0.05, 0.1) is 18.8 Å². The Hall–Kier alpha value is -0.900. The van der Waals surface area contributed by atoms with Crippen LogP contribution in [-0.2, 0) is 19.0 Å². The minimum Gasteiger partial charge on any atom is -0.475 e. The molecule has 0 aromatic rings. The van der Waals surface area contributed by atoms with E-state index in [9.17, 15) is 13.2 Å². The van der Waals surface area contributed by atoms with Crippen LogP contribution in [0.25, 0.3) is 0 Å². The van der Waals surface area contributed by atoms with Crippen LogP contribution in [0.5, 0.6) is 0 Å². The summed E-state index contributed by atoms with van der Waals surface area (Å²) in [6.45, 7) is 6.11. The van der Waals surface area contributed by atoms with Gasteiger partial charge in [0.25, 0.3) is 0 Å². The van der Waals surface area contributed by atoms with E-state index in [2.05, 4.69) is 4.90 Å². The van der Waals surface area contributed by atoms with Crippen LogP contribution < -0.4 is 0 Å². The Morgan fingerprint density at radius 1 is 1.00 bits per heavy atom. The third-order valence-corrected chi connectivity index (χ3v) is 6.75. The van der Waals surface area contributed by atoms with Crippen LogP contribution in [0.15, 0.2) is 0 Å². The smallest absolute Gasteiger partial charge is 0.475 e. The van der Waals surface area contributed by atoms with Crippen molar-refractivity contribution in [2.24, 2.45) is 11.8 Å². The molecular formula is C21H34F3NO5. The van der Waals surface area contributed by atoms with Gasteiger partial charge in [-0.3, -0.25) is 4.90 Å². The van der Waals surface area contributed by atoms with E-state index in [1.54, 1.807) is 0 Å². The van der Waals surface area contributed by atoms with Crippen molar-refractivity contribution in [1.82, 2.24) is 4.90 Å². The molecule has 0 amide bonds. The summed E-state index contributed by atoms with van der Waals surface area (Å²) in [6.07, 6.45) is 6.04. The Morgan fingerprint density at radius 3 is 2.30 bits per heavy atom. The summed E-state index contributed by atoms with van der Waals surface area (Å²) in [4.78, 5) is 11.6. The second-order valence-corrected chi connectivity index (χ2v) is 8.86. The predicted octanol–water partition coefficient (Wildman–Crippen LogP) is 3.48. The number of alkyl halides is 3. The summed E-state index contributed by atoms with van der Waals surface area (Å²) in [7, 11) is 0. The van der Waals surface area contributed by atoms with Crippen molar-refractivity contribution >= 4 is 5.97 Å². The fourth-order valence-electron chi connectivity index (χ4n) is 5.09. The highest BCUT2D eigenvalue weighted by molar-refractivity contribution is 5.73. The van der Waals surface area contributed by atoms with E-state index in [1.165, 1.54) is 57.9 Å². The molecule has 0 spiro atoms. The van der Waals surface area contributed by atoms with Crippen LogP contribution >= 0.6 is 0 Å². The quantitative estimate of drug-likeness (QED) is 0.710. The molecule has 0 aromatic carbocycles. The first kappa shape index (κ1) is 23.8. The molecule has 4 fully saturated rings. The lowest BCUT2D eigenvalue weighted by atomic mass is 9.98. The standard InChI is InChI=1S/C19H33NO3.C2HF3O2/c1-2-4-16(3-1)14-23-18-6-5-17-19(18)22-12-9-20(17)13-15-7-10-21-11-8-15;3-2(4,5)1(6)7/h15-19H,1-14H2;(H,6,7)/t17-,18+,19+;/m0./s1. The monoisotopic (exact) mass is 437 g/mol. The number of aliphatic carboxylic acids is 1. The fraction of sp³-hybridized carbons (Fsp3) is 0.952. The molecule has 0 aromatic heterocycles. The lowest BCUT2D eigenvalue weighted by molar-refractivity contribution is -0.192. The van der Waals surface area contributed by atoms with Crippen LogP contribution in [-0.4, -0.2) is 79.9 Å². The number of carbonyl (C=O) groups is 1. The maximum absolute atomic E-state index is 10.6. The molecule has 2 saturated heterocycles. The highest BCUT2D eigenvalue weighted by Gasteiger charge is 2.44. The van der Waals surface area contributed by atoms with Gasteiger partial charge in [0, 0.05) is 39.0 Å². The lowest BCUT2D eigenvalue weighted by Crippen LogP contribution is -2.53. The van der Waals surface area contributed by atoms with Crippen molar-refractivity contribution in [3.63, 3.8) is 0 Å². The van der Waals surface area contributed by atoms with Crippen molar-refractivity contribution in [1.29, 1.82) is 0 Å². The summed E-state index contributed by atoms with van der Waals surface area (Å²) in [5.41, 5.74) is 0. The number of carboxylic acid groups (broad SMARTS) is 1. The minimum atomic E-state index is -5.08. The Balaban J connectivity index is 0.000000318. The van der Waals surface area contributed by atoms with E-state index < -0.39 is 12.1 Å². The third kappa shape index (κ3) is 6.80. The third-order valence-electron chi connectivity index (χ3n) is 6.75. The van der Waals surface area contributed by atoms with Gasteiger partial charge in [-0.05, 0) is 50.4 Å². The Bertz CT molecular complexity index is 535. The normalized spacial score (nSPS) is 31.2. The Kier molecular flexibility index (Phi) is 8.80. The summed E-state index contributed by atoms with van der Waals surface area (Å²) >= 11 is 0. The van der Waals surface area contributed by atoms with Gasteiger partial charge in [-0.25, -0.2) is 4.79 Å². The van der Waals surface area contributed by atoms with Crippen molar-refractivity contribution in [3.05, 3.63) is 0 Å². The molecule has 3 atom stereocenters. The van der Waals surface area contributed by atoms with E-state index in [0.717, 1.165) is 44.8 Å². The van der Waals surface area contributed by atoms with Gasteiger partial charge >= 0.3 is 12.1 Å². The zero-order chi connectivity index (χ0) is 21.6. The number of ether oxygens (including phenoxy) is 3. The van der Waals surface area contributed by atoms with Gasteiger partial charge < -0.3 is 19.3 Å².